The van der Waals surface area contributed by atoms with Crippen molar-refractivity contribution in [1.29, 1.82) is 0 Å². The minimum absolute atomic E-state index is 0.0766. The highest BCUT2D eigenvalue weighted by Gasteiger charge is 2.30. The molecule has 0 aromatic carbocycles. The Balaban J connectivity index is 1.48. The third-order valence-corrected chi connectivity index (χ3v) is 6.06. The molecule has 3 rings (SSSR count). The van der Waals surface area contributed by atoms with Gasteiger partial charge in [0.15, 0.2) is 0 Å². The third kappa shape index (κ3) is 4.49. The Morgan fingerprint density at radius 3 is 2.71 bits per heavy atom. The molecule has 0 spiro atoms. The lowest BCUT2D eigenvalue weighted by atomic mass is 10.0. The summed E-state index contributed by atoms with van der Waals surface area (Å²) in [5, 5.41) is 0.842. The lowest BCUT2D eigenvalue weighted by Crippen LogP contribution is -2.56. The molecule has 24 heavy (non-hydrogen) atoms. The molecule has 0 unspecified atom stereocenters. The number of carbonyl (C=O) groups is 1. The maximum Gasteiger partial charge on any atom is 0.235 e. The summed E-state index contributed by atoms with van der Waals surface area (Å²) in [4.78, 5) is 24.0. The normalized spacial score (nSPS) is 24.8. The van der Waals surface area contributed by atoms with Gasteiger partial charge in [-0.15, -0.1) is 0 Å². The molecule has 1 aromatic heterocycles. The number of likely N-dealkylation sites (tertiary alicyclic amines) is 1. The first kappa shape index (κ1) is 17.7. The highest BCUT2D eigenvalue weighted by molar-refractivity contribution is 8.00. The van der Waals surface area contributed by atoms with Gasteiger partial charge in [-0.3, -0.25) is 9.69 Å². The van der Waals surface area contributed by atoms with Crippen LogP contribution >= 0.6 is 11.8 Å². The van der Waals surface area contributed by atoms with E-state index in [2.05, 4.69) is 21.8 Å². The minimum atomic E-state index is -0.0766. The fraction of sp³-hybridized carbons (Fsp3) is 0.667. The Morgan fingerprint density at radius 2 is 2.04 bits per heavy atom. The molecule has 2 aliphatic heterocycles. The predicted octanol–water partition coefficient (Wildman–Crippen LogP) is 1.80. The van der Waals surface area contributed by atoms with Crippen molar-refractivity contribution in [2.24, 2.45) is 0 Å². The van der Waals surface area contributed by atoms with Crippen molar-refractivity contribution in [3.05, 3.63) is 24.4 Å². The Labute approximate surface area is 149 Å². The summed E-state index contributed by atoms with van der Waals surface area (Å²) < 4.78 is 0. The van der Waals surface area contributed by atoms with Crippen molar-refractivity contribution < 1.29 is 4.79 Å². The van der Waals surface area contributed by atoms with Crippen molar-refractivity contribution in [1.82, 2.24) is 19.7 Å². The van der Waals surface area contributed by atoms with Crippen molar-refractivity contribution in [3.63, 3.8) is 0 Å². The second kappa shape index (κ2) is 8.32. The van der Waals surface area contributed by atoms with E-state index in [1.54, 1.807) is 18.0 Å². The van der Waals surface area contributed by atoms with Gasteiger partial charge >= 0.3 is 0 Å². The van der Waals surface area contributed by atoms with Crippen molar-refractivity contribution in [2.45, 2.75) is 36.1 Å². The van der Waals surface area contributed by atoms with Crippen LogP contribution in [0.1, 0.15) is 19.8 Å². The molecule has 0 radical (unpaired) electrons. The molecule has 3 heterocycles. The summed E-state index contributed by atoms with van der Waals surface area (Å²) in [5.74, 6) is 0.242. The average molecular weight is 349 g/mol. The maximum atomic E-state index is 12.7. The van der Waals surface area contributed by atoms with E-state index in [0.29, 0.717) is 6.04 Å². The highest BCUT2D eigenvalue weighted by Crippen LogP contribution is 2.23. The Hall–Kier alpha value is -1.11. The van der Waals surface area contributed by atoms with Crippen LogP contribution in [0.2, 0.25) is 0 Å². The van der Waals surface area contributed by atoms with Crippen LogP contribution in [0.15, 0.2) is 29.4 Å². The molecular weight excluding hydrogens is 320 g/mol. The summed E-state index contributed by atoms with van der Waals surface area (Å²) in [5.41, 5.74) is 0. The molecule has 0 N–H and O–H groups in total. The van der Waals surface area contributed by atoms with Crippen molar-refractivity contribution >= 4 is 17.7 Å². The standard InChI is InChI=1S/C18H28N4OS/c1-15(24-17-7-3-4-8-19-17)18(23)22-12-10-21(11-13-22)16-6-5-9-20(2)14-16/h3-4,7-8,15-16H,5-6,9-14H2,1-2H3/t15-,16+/m0/s1. The number of rotatable bonds is 4. The molecule has 0 bridgehead atoms. The van der Waals surface area contributed by atoms with E-state index in [1.165, 1.54) is 25.9 Å². The number of hydrogen-bond donors (Lipinski definition) is 0. The minimum Gasteiger partial charge on any atom is -0.339 e. The van der Waals surface area contributed by atoms with Gasteiger partial charge in [-0.2, -0.15) is 0 Å². The lowest BCUT2D eigenvalue weighted by molar-refractivity contribution is -0.132. The van der Waals surface area contributed by atoms with Gasteiger partial charge in [0, 0.05) is 45.0 Å². The molecule has 6 heteroatoms. The zero-order valence-electron chi connectivity index (χ0n) is 14.7. The maximum absolute atomic E-state index is 12.7. The van der Waals surface area contributed by atoms with Crippen LogP contribution in [0.25, 0.3) is 0 Å². The smallest absolute Gasteiger partial charge is 0.235 e. The van der Waals surface area contributed by atoms with Gasteiger partial charge in [0.1, 0.15) is 0 Å². The fourth-order valence-electron chi connectivity index (χ4n) is 3.65. The summed E-state index contributed by atoms with van der Waals surface area (Å²) in [6.07, 6.45) is 4.36. The number of piperidine rings is 1. The Bertz CT molecular complexity index is 533. The van der Waals surface area contributed by atoms with E-state index >= 15 is 0 Å². The third-order valence-electron chi connectivity index (χ3n) is 5.02. The molecule has 5 nitrogen and oxygen atoms in total. The number of aromatic nitrogens is 1. The first-order chi connectivity index (χ1) is 11.6. The molecular formula is C18H28N4OS. The van der Waals surface area contributed by atoms with Gasteiger partial charge in [0.25, 0.3) is 0 Å². The number of piperazine rings is 1. The number of likely N-dealkylation sites (N-methyl/N-ethyl adjacent to an activating group) is 1. The van der Waals surface area contributed by atoms with Gasteiger partial charge in [-0.1, -0.05) is 17.8 Å². The number of carbonyl (C=O) groups excluding carboxylic acids is 1. The molecule has 2 saturated heterocycles. The van der Waals surface area contributed by atoms with Crippen LogP contribution in [-0.2, 0) is 4.79 Å². The number of pyridine rings is 1. The second-order valence-electron chi connectivity index (χ2n) is 6.85. The zero-order chi connectivity index (χ0) is 16.9. The molecule has 1 aromatic rings. The van der Waals surface area contributed by atoms with Crippen molar-refractivity contribution in [3.8, 4) is 0 Å². The van der Waals surface area contributed by atoms with E-state index in [1.807, 2.05) is 30.0 Å². The van der Waals surface area contributed by atoms with E-state index in [4.69, 9.17) is 0 Å². The average Bonchev–Trinajstić information content (AvgIpc) is 2.62. The van der Waals surface area contributed by atoms with Crippen LogP contribution in [0.4, 0.5) is 0 Å². The van der Waals surface area contributed by atoms with Gasteiger partial charge in [-0.05, 0) is 45.5 Å². The monoisotopic (exact) mass is 348 g/mol. The summed E-state index contributed by atoms with van der Waals surface area (Å²) >= 11 is 1.55. The summed E-state index contributed by atoms with van der Waals surface area (Å²) in [6.45, 7) is 8.09. The number of nitrogens with zero attached hydrogens (tertiary/aromatic N) is 4. The number of thioether (sulfide) groups is 1. The molecule has 2 aliphatic rings. The van der Waals surface area contributed by atoms with Crippen LogP contribution in [0.5, 0.6) is 0 Å². The highest BCUT2D eigenvalue weighted by atomic mass is 32.2. The Kier molecular flexibility index (Phi) is 6.14. The zero-order valence-corrected chi connectivity index (χ0v) is 15.5. The van der Waals surface area contributed by atoms with Crippen molar-refractivity contribution in [2.75, 3.05) is 46.3 Å². The van der Waals surface area contributed by atoms with E-state index in [0.717, 1.165) is 31.2 Å². The first-order valence-corrected chi connectivity index (χ1v) is 9.80. The van der Waals surface area contributed by atoms with Crippen LogP contribution in [0.3, 0.4) is 0 Å². The molecule has 2 atom stereocenters. The van der Waals surface area contributed by atoms with Gasteiger partial charge < -0.3 is 9.80 Å². The fourth-order valence-corrected chi connectivity index (χ4v) is 4.54. The molecule has 2 fully saturated rings. The van der Waals surface area contributed by atoms with Crippen LogP contribution < -0.4 is 0 Å². The van der Waals surface area contributed by atoms with Crippen LogP contribution in [0, 0.1) is 0 Å². The summed E-state index contributed by atoms with van der Waals surface area (Å²) in [6, 6.07) is 6.50. The molecule has 0 aliphatic carbocycles. The van der Waals surface area contributed by atoms with Gasteiger partial charge in [-0.25, -0.2) is 4.98 Å². The van der Waals surface area contributed by atoms with E-state index in [9.17, 15) is 4.79 Å². The Morgan fingerprint density at radius 1 is 1.25 bits per heavy atom. The molecule has 132 valence electrons. The first-order valence-electron chi connectivity index (χ1n) is 8.92. The number of hydrogen-bond acceptors (Lipinski definition) is 5. The lowest BCUT2D eigenvalue weighted by Gasteiger charge is -2.43. The SMILES string of the molecule is C[C@H](Sc1ccccn1)C(=O)N1CCN([C@@H]2CCCN(C)C2)CC1. The topological polar surface area (TPSA) is 39.7 Å². The predicted molar refractivity (Wildman–Crippen MR) is 98.2 cm³/mol. The van der Waals surface area contributed by atoms with E-state index < -0.39 is 0 Å². The van der Waals surface area contributed by atoms with Crippen LogP contribution in [-0.4, -0.2) is 83.2 Å². The van der Waals surface area contributed by atoms with Gasteiger partial charge in [0.2, 0.25) is 5.91 Å². The van der Waals surface area contributed by atoms with Gasteiger partial charge in [0.05, 0.1) is 10.3 Å². The quantitative estimate of drug-likeness (QED) is 0.776. The summed E-state index contributed by atoms with van der Waals surface area (Å²) in [7, 11) is 2.21. The van der Waals surface area contributed by atoms with E-state index in [-0.39, 0.29) is 11.2 Å². The molecule has 1 amide bonds. The number of amides is 1. The molecule has 0 saturated carbocycles. The largest absolute Gasteiger partial charge is 0.339 e. The second-order valence-corrected chi connectivity index (χ2v) is 8.21.